The normalized spacial score (nSPS) is 12.5. The highest BCUT2D eigenvalue weighted by Gasteiger charge is 2.27. The fraction of sp³-hybridized carbons (Fsp3) is 0.500. The lowest BCUT2D eigenvalue weighted by atomic mass is 10.5. The highest BCUT2D eigenvalue weighted by Crippen LogP contribution is 2.16. The summed E-state index contributed by atoms with van der Waals surface area (Å²) in [6, 6.07) is 0. The molecule has 0 aliphatic heterocycles. The van der Waals surface area contributed by atoms with Crippen LogP contribution in [-0.4, -0.2) is 45.5 Å². The lowest BCUT2D eigenvalue weighted by Crippen LogP contribution is -2.37. The van der Waals surface area contributed by atoms with Gasteiger partial charge in [-0.25, -0.2) is 17.5 Å². The Morgan fingerprint density at radius 1 is 1.00 bits per heavy atom. The maximum atomic E-state index is 12.2. The van der Waals surface area contributed by atoms with E-state index < -0.39 is 21.3 Å². The van der Waals surface area contributed by atoms with E-state index in [2.05, 4.69) is 4.98 Å². The molecule has 20 heavy (non-hydrogen) atoms. The number of aromatic nitrogens is 4. The monoisotopic (exact) mass is 301 g/mol. The van der Waals surface area contributed by atoms with Crippen molar-refractivity contribution in [2.75, 3.05) is 14.1 Å². The molecular weight excluding hydrogens is 286 g/mol. The summed E-state index contributed by atoms with van der Waals surface area (Å²) < 4.78 is 28.6. The van der Waals surface area contributed by atoms with E-state index in [1.165, 1.54) is 39.8 Å². The van der Waals surface area contributed by atoms with Crippen molar-refractivity contribution in [1.29, 1.82) is 0 Å². The second kappa shape index (κ2) is 4.28. The SMILES string of the molecule is CN(C)S(=O)(=O)c1nc2c(c(=O)n(C)c(=O)n2C)n1C. The zero-order chi connectivity index (χ0) is 15.4. The number of hydrogen-bond acceptors (Lipinski definition) is 5. The van der Waals surface area contributed by atoms with Crippen LogP contribution in [0.5, 0.6) is 0 Å². The number of fused-ring (bicyclic) bond motifs is 1. The van der Waals surface area contributed by atoms with Crippen molar-refractivity contribution in [2.24, 2.45) is 21.1 Å². The number of nitrogens with zero attached hydrogens (tertiary/aromatic N) is 5. The molecule has 2 aromatic heterocycles. The molecule has 2 heterocycles. The highest BCUT2D eigenvalue weighted by atomic mass is 32.2. The summed E-state index contributed by atoms with van der Waals surface area (Å²) in [6.45, 7) is 0. The van der Waals surface area contributed by atoms with E-state index in [1.807, 2.05) is 0 Å². The third-order valence-electron chi connectivity index (χ3n) is 3.15. The van der Waals surface area contributed by atoms with Crippen LogP contribution >= 0.6 is 0 Å². The standard InChI is InChI=1S/C10H15N5O4S/c1-12(2)20(18,19)9-11-7-6(13(9)3)8(16)15(5)10(17)14(7)4/h1-5H3. The molecule has 2 rings (SSSR count). The minimum atomic E-state index is -3.81. The molecule has 0 saturated carbocycles. The predicted octanol–water partition coefficient (Wildman–Crippen LogP) is -1.78. The lowest BCUT2D eigenvalue weighted by Gasteiger charge is -2.10. The maximum absolute atomic E-state index is 12.2. The topological polar surface area (TPSA) is 99.2 Å². The second-order valence-electron chi connectivity index (χ2n) is 4.62. The van der Waals surface area contributed by atoms with Crippen LogP contribution in [0.25, 0.3) is 11.2 Å². The van der Waals surface area contributed by atoms with E-state index in [0.717, 1.165) is 13.4 Å². The first-order chi connectivity index (χ1) is 9.10. The smallest absolute Gasteiger partial charge is 0.311 e. The third kappa shape index (κ3) is 1.72. The van der Waals surface area contributed by atoms with Gasteiger partial charge in [-0.1, -0.05) is 0 Å². The molecule has 0 fully saturated rings. The van der Waals surface area contributed by atoms with Crippen LogP contribution in [0.1, 0.15) is 0 Å². The van der Waals surface area contributed by atoms with Gasteiger partial charge in [0, 0.05) is 35.2 Å². The first kappa shape index (κ1) is 14.5. The zero-order valence-corrected chi connectivity index (χ0v) is 12.6. The Morgan fingerprint density at radius 3 is 2.05 bits per heavy atom. The molecule has 9 nitrogen and oxygen atoms in total. The average Bonchev–Trinajstić information content (AvgIpc) is 2.72. The second-order valence-corrected chi connectivity index (χ2v) is 6.66. The van der Waals surface area contributed by atoms with Crippen LogP contribution < -0.4 is 11.2 Å². The number of sulfonamides is 1. The summed E-state index contributed by atoms with van der Waals surface area (Å²) in [5.41, 5.74) is -1.04. The summed E-state index contributed by atoms with van der Waals surface area (Å²) in [5, 5.41) is -0.282. The summed E-state index contributed by atoms with van der Waals surface area (Å²) in [5.74, 6) is 0. The van der Waals surface area contributed by atoms with Gasteiger partial charge in [-0.2, -0.15) is 4.98 Å². The summed E-state index contributed by atoms with van der Waals surface area (Å²) >= 11 is 0. The van der Waals surface area contributed by atoms with Crippen molar-refractivity contribution >= 4 is 21.2 Å². The molecule has 10 heteroatoms. The van der Waals surface area contributed by atoms with Gasteiger partial charge in [-0.15, -0.1) is 0 Å². The van der Waals surface area contributed by atoms with Crippen molar-refractivity contribution in [2.45, 2.75) is 5.16 Å². The minimum absolute atomic E-state index is 0.0426. The van der Waals surface area contributed by atoms with Gasteiger partial charge in [0.1, 0.15) is 0 Å². The van der Waals surface area contributed by atoms with Crippen LogP contribution in [0, 0.1) is 0 Å². The Bertz CT molecular complexity index is 916. The minimum Gasteiger partial charge on any atom is -0.311 e. The fourth-order valence-electron chi connectivity index (χ4n) is 1.89. The van der Waals surface area contributed by atoms with Crippen molar-refractivity contribution in [3.05, 3.63) is 20.8 Å². The molecule has 0 aromatic carbocycles. The van der Waals surface area contributed by atoms with Gasteiger partial charge >= 0.3 is 5.69 Å². The zero-order valence-electron chi connectivity index (χ0n) is 11.8. The lowest BCUT2D eigenvalue weighted by molar-refractivity contribution is 0.507. The molecule has 110 valence electrons. The van der Waals surface area contributed by atoms with Crippen LogP contribution in [0.15, 0.2) is 14.7 Å². The van der Waals surface area contributed by atoms with Crippen molar-refractivity contribution in [3.8, 4) is 0 Å². The number of rotatable bonds is 2. The van der Waals surface area contributed by atoms with Crippen LogP contribution in [-0.2, 0) is 31.2 Å². The molecule has 0 radical (unpaired) electrons. The Labute approximate surface area is 114 Å². The first-order valence-corrected chi connectivity index (χ1v) is 7.09. The van der Waals surface area contributed by atoms with Crippen LogP contribution in [0.3, 0.4) is 0 Å². The molecule has 0 spiro atoms. The molecule has 0 saturated heterocycles. The predicted molar refractivity (Wildman–Crippen MR) is 72.1 cm³/mol. The van der Waals surface area contributed by atoms with Crippen LogP contribution in [0.2, 0.25) is 0 Å². The van der Waals surface area contributed by atoms with Crippen molar-refractivity contribution in [3.63, 3.8) is 0 Å². The molecule has 0 N–H and O–H groups in total. The quantitative estimate of drug-likeness (QED) is 0.653. The summed E-state index contributed by atoms with van der Waals surface area (Å²) in [7, 11) is 3.12. The number of imidazole rings is 1. The summed E-state index contributed by atoms with van der Waals surface area (Å²) in [6.07, 6.45) is 0. The molecule has 0 amide bonds. The van der Waals surface area contributed by atoms with Gasteiger partial charge < -0.3 is 4.57 Å². The maximum Gasteiger partial charge on any atom is 0.332 e. The van der Waals surface area contributed by atoms with Crippen molar-refractivity contribution < 1.29 is 8.42 Å². The average molecular weight is 301 g/mol. The molecule has 0 atom stereocenters. The Balaban J connectivity index is 3.07. The molecule has 0 aliphatic carbocycles. The number of hydrogen-bond donors (Lipinski definition) is 0. The van der Waals surface area contributed by atoms with Gasteiger partial charge in [-0.05, 0) is 0 Å². The van der Waals surface area contributed by atoms with Gasteiger partial charge in [0.15, 0.2) is 11.2 Å². The number of aryl methyl sites for hydroxylation is 2. The van der Waals surface area contributed by atoms with E-state index >= 15 is 0 Å². The van der Waals surface area contributed by atoms with Gasteiger partial charge in [0.25, 0.3) is 15.6 Å². The molecule has 0 aliphatic rings. The third-order valence-corrected chi connectivity index (χ3v) is 4.93. The Hall–Kier alpha value is -1.94. The summed E-state index contributed by atoms with van der Waals surface area (Å²) in [4.78, 5) is 27.9. The fourth-order valence-corrected chi connectivity index (χ4v) is 2.86. The van der Waals surface area contributed by atoms with Gasteiger partial charge in [-0.3, -0.25) is 13.9 Å². The largest absolute Gasteiger partial charge is 0.332 e. The van der Waals surface area contributed by atoms with Gasteiger partial charge in [0.05, 0.1) is 0 Å². The highest BCUT2D eigenvalue weighted by molar-refractivity contribution is 7.88. The van der Waals surface area contributed by atoms with E-state index in [1.54, 1.807) is 0 Å². The van der Waals surface area contributed by atoms with E-state index in [0.29, 0.717) is 0 Å². The first-order valence-electron chi connectivity index (χ1n) is 5.65. The Kier molecular flexibility index (Phi) is 3.10. The van der Waals surface area contributed by atoms with E-state index in [-0.39, 0.29) is 16.3 Å². The Morgan fingerprint density at radius 2 is 1.55 bits per heavy atom. The van der Waals surface area contributed by atoms with Crippen molar-refractivity contribution in [1.82, 2.24) is 23.0 Å². The molecule has 2 aromatic rings. The molecular formula is C10H15N5O4S. The van der Waals surface area contributed by atoms with Crippen LogP contribution in [0.4, 0.5) is 0 Å². The van der Waals surface area contributed by atoms with E-state index in [4.69, 9.17) is 0 Å². The van der Waals surface area contributed by atoms with Gasteiger partial charge in [0.2, 0.25) is 5.16 Å². The molecule has 0 bridgehead atoms. The van der Waals surface area contributed by atoms with E-state index in [9.17, 15) is 18.0 Å². The molecule has 0 unspecified atom stereocenters.